The van der Waals surface area contributed by atoms with Crippen LogP contribution in [0.5, 0.6) is 0 Å². The molecule has 0 bridgehead atoms. The molecular weight excluding hydrogens is 288 g/mol. The molecular formula is C15H19ClN4O. The number of rotatable bonds is 5. The molecule has 0 fully saturated rings. The van der Waals surface area contributed by atoms with Gasteiger partial charge in [0.15, 0.2) is 0 Å². The molecule has 0 aliphatic heterocycles. The summed E-state index contributed by atoms with van der Waals surface area (Å²) in [4.78, 5) is 14.1. The predicted octanol–water partition coefficient (Wildman–Crippen LogP) is 1.86. The average Bonchev–Trinajstić information content (AvgIpc) is 2.50. The van der Waals surface area contributed by atoms with Gasteiger partial charge < -0.3 is 10.6 Å². The Morgan fingerprint density at radius 3 is 2.71 bits per heavy atom. The molecule has 0 amide bonds. The summed E-state index contributed by atoms with van der Waals surface area (Å²) < 4.78 is 1.40. The second kappa shape index (κ2) is 6.74. The summed E-state index contributed by atoms with van der Waals surface area (Å²) >= 11 is 6.21. The van der Waals surface area contributed by atoms with Crippen molar-refractivity contribution >= 4 is 17.3 Å². The van der Waals surface area contributed by atoms with E-state index in [9.17, 15) is 4.79 Å². The molecule has 0 saturated carbocycles. The van der Waals surface area contributed by atoms with Gasteiger partial charge in [0.25, 0.3) is 5.56 Å². The van der Waals surface area contributed by atoms with Crippen molar-refractivity contribution in [3.63, 3.8) is 0 Å². The molecule has 0 unspecified atom stereocenters. The normalized spacial score (nSPS) is 10.7. The Labute approximate surface area is 128 Å². The SMILES string of the molecule is CCN(C)c1cnn(Cc2ccc(CN)cc2Cl)c(=O)c1. The zero-order valence-corrected chi connectivity index (χ0v) is 13.0. The van der Waals surface area contributed by atoms with E-state index in [1.807, 2.05) is 37.1 Å². The average molecular weight is 307 g/mol. The van der Waals surface area contributed by atoms with Crippen LogP contribution in [0.2, 0.25) is 5.02 Å². The molecule has 6 heteroatoms. The van der Waals surface area contributed by atoms with Crippen LogP contribution in [0, 0.1) is 0 Å². The summed E-state index contributed by atoms with van der Waals surface area (Å²) in [5.41, 5.74) is 8.04. The van der Waals surface area contributed by atoms with Gasteiger partial charge in [0.2, 0.25) is 0 Å². The molecule has 21 heavy (non-hydrogen) atoms. The lowest BCUT2D eigenvalue weighted by atomic mass is 10.1. The molecule has 0 atom stereocenters. The Bertz CT molecular complexity index is 684. The van der Waals surface area contributed by atoms with Crippen molar-refractivity contribution in [3.8, 4) is 0 Å². The van der Waals surface area contributed by atoms with Crippen molar-refractivity contribution in [1.29, 1.82) is 0 Å². The number of anilines is 1. The van der Waals surface area contributed by atoms with Gasteiger partial charge in [0.05, 0.1) is 18.4 Å². The highest BCUT2D eigenvalue weighted by Crippen LogP contribution is 2.18. The first kappa shape index (κ1) is 15.5. The van der Waals surface area contributed by atoms with Crippen LogP contribution in [0.4, 0.5) is 5.69 Å². The van der Waals surface area contributed by atoms with Gasteiger partial charge in [-0.25, -0.2) is 4.68 Å². The lowest BCUT2D eigenvalue weighted by Crippen LogP contribution is -2.26. The van der Waals surface area contributed by atoms with Gasteiger partial charge in [-0.3, -0.25) is 4.79 Å². The molecule has 0 aliphatic carbocycles. The largest absolute Gasteiger partial charge is 0.373 e. The number of hydrogen-bond donors (Lipinski definition) is 1. The summed E-state index contributed by atoms with van der Waals surface area (Å²) in [7, 11) is 1.92. The Kier molecular flexibility index (Phi) is 4.98. The van der Waals surface area contributed by atoms with Crippen LogP contribution in [0.25, 0.3) is 0 Å². The molecule has 2 aromatic rings. The molecule has 112 valence electrons. The first-order valence-corrected chi connectivity index (χ1v) is 7.18. The first-order chi connectivity index (χ1) is 10.0. The summed E-state index contributed by atoms with van der Waals surface area (Å²) in [6.07, 6.45) is 1.69. The van der Waals surface area contributed by atoms with Gasteiger partial charge in [-0.05, 0) is 24.1 Å². The Balaban J connectivity index is 2.26. The first-order valence-electron chi connectivity index (χ1n) is 6.80. The van der Waals surface area contributed by atoms with Crippen LogP contribution in [0.1, 0.15) is 18.1 Å². The number of benzene rings is 1. The standard InChI is InChI=1S/C15H19ClN4O/c1-3-19(2)13-7-15(21)20(18-9-13)10-12-5-4-11(8-17)6-14(12)16/h4-7,9H,3,8,10,17H2,1-2H3. The topological polar surface area (TPSA) is 64.2 Å². The van der Waals surface area contributed by atoms with Crippen molar-refractivity contribution in [2.45, 2.75) is 20.0 Å². The number of nitrogens with zero attached hydrogens (tertiary/aromatic N) is 3. The van der Waals surface area contributed by atoms with Crippen molar-refractivity contribution in [2.75, 3.05) is 18.5 Å². The number of halogens is 1. The minimum absolute atomic E-state index is 0.147. The summed E-state index contributed by atoms with van der Waals surface area (Å²) in [5.74, 6) is 0. The van der Waals surface area contributed by atoms with E-state index in [4.69, 9.17) is 17.3 Å². The second-order valence-corrected chi connectivity index (χ2v) is 5.26. The minimum atomic E-state index is -0.147. The maximum Gasteiger partial charge on any atom is 0.269 e. The van der Waals surface area contributed by atoms with E-state index in [2.05, 4.69) is 5.10 Å². The molecule has 0 saturated heterocycles. The zero-order chi connectivity index (χ0) is 15.4. The molecule has 0 radical (unpaired) electrons. The van der Waals surface area contributed by atoms with Gasteiger partial charge in [-0.15, -0.1) is 0 Å². The molecule has 0 spiro atoms. The lowest BCUT2D eigenvalue weighted by Gasteiger charge is -2.16. The third-order valence-corrected chi connectivity index (χ3v) is 3.80. The predicted molar refractivity (Wildman–Crippen MR) is 85.9 cm³/mol. The lowest BCUT2D eigenvalue weighted by molar-refractivity contribution is 0.637. The van der Waals surface area contributed by atoms with Crippen LogP contribution in [-0.4, -0.2) is 23.4 Å². The fourth-order valence-electron chi connectivity index (χ4n) is 1.94. The number of aromatic nitrogens is 2. The Hall–Kier alpha value is -1.85. The van der Waals surface area contributed by atoms with Gasteiger partial charge in [0.1, 0.15) is 0 Å². The van der Waals surface area contributed by atoms with Gasteiger partial charge in [-0.1, -0.05) is 23.7 Å². The van der Waals surface area contributed by atoms with Crippen LogP contribution in [-0.2, 0) is 13.1 Å². The molecule has 2 N–H and O–H groups in total. The van der Waals surface area contributed by atoms with E-state index in [-0.39, 0.29) is 5.56 Å². The zero-order valence-electron chi connectivity index (χ0n) is 12.2. The highest BCUT2D eigenvalue weighted by molar-refractivity contribution is 6.31. The molecule has 1 heterocycles. The smallest absolute Gasteiger partial charge is 0.269 e. The van der Waals surface area contributed by atoms with Crippen molar-refractivity contribution in [1.82, 2.24) is 9.78 Å². The third kappa shape index (κ3) is 3.62. The van der Waals surface area contributed by atoms with Crippen molar-refractivity contribution < 1.29 is 0 Å². The maximum atomic E-state index is 12.1. The summed E-state index contributed by atoms with van der Waals surface area (Å²) in [6, 6.07) is 7.19. The monoisotopic (exact) mass is 306 g/mol. The number of nitrogens with two attached hydrogens (primary N) is 1. The van der Waals surface area contributed by atoms with Gasteiger partial charge in [0, 0.05) is 31.2 Å². The van der Waals surface area contributed by atoms with Crippen molar-refractivity contribution in [3.05, 3.63) is 57.0 Å². The Morgan fingerprint density at radius 2 is 2.14 bits per heavy atom. The van der Waals surface area contributed by atoms with E-state index in [0.29, 0.717) is 18.1 Å². The number of hydrogen-bond acceptors (Lipinski definition) is 4. The van der Waals surface area contributed by atoms with E-state index < -0.39 is 0 Å². The maximum absolute atomic E-state index is 12.1. The van der Waals surface area contributed by atoms with Crippen LogP contribution < -0.4 is 16.2 Å². The Morgan fingerprint density at radius 1 is 1.38 bits per heavy atom. The van der Waals surface area contributed by atoms with E-state index in [1.165, 1.54) is 4.68 Å². The molecule has 1 aromatic carbocycles. The molecule has 1 aromatic heterocycles. The van der Waals surface area contributed by atoms with Crippen LogP contribution >= 0.6 is 11.6 Å². The third-order valence-electron chi connectivity index (χ3n) is 3.44. The van der Waals surface area contributed by atoms with Crippen LogP contribution in [0.15, 0.2) is 35.3 Å². The fourth-order valence-corrected chi connectivity index (χ4v) is 2.20. The van der Waals surface area contributed by atoms with Gasteiger partial charge in [-0.2, -0.15) is 5.10 Å². The summed E-state index contributed by atoms with van der Waals surface area (Å²) in [5, 5.41) is 4.80. The van der Waals surface area contributed by atoms with Gasteiger partial charge >= 0.3 is 0 Å². The summed E-state index contributed by atoms with van der Waals surface area (Å²) in [6.45, 7) is 3.62. The van der Waals surface area contributed by atoms with Crippen molar-refractivity contribution in [2.24, 2.45) is 5.73 Å². The quantitative estimate of drug-likeness (QED) is 0.916. The minimum Gasteiger partial charge on any atom is -0.373 e. The van der Waals surface area contributed by atoms with E-state index >= 15 is 0 Å². The fraction of sp³-hybridized carbons (Fsp3) is 0.333. The highest BCUT2D eigenvalue weighted by atomic mass is 35.5. The van der Waals surface area contributed by atoms with E-state index in [1.54, 1.807) is 12.3 Å². The molecule has 2 rings (SSSR count). The van der Waals surface area contributed by atoms with E-state index in [0.717, 1.165) is 23.4 Å². The highest BCUT2D eigenvalue weighted by Gasteiger charge is 2.07. The second-order valence-electron chi connectivity index (χ2n) is 4.85. The van der Waals surface area contributed by atoms with Crippen LogP contribution in [0.3, 0.4) is 0 Å². The molecule has 5 nitrogen and oxygen atoms in total. The molecule has 0 aliphatic rings.